The minimum Gasteiger partial charge on any atom is -0.480 e. The van der Waals surface area contributed by atoms with Gasteiger partial charge in [0.25, 0.3) is 0 Å². The lowest BCUT2D eigenvalue weighted by Gasteiger charge is -2.34. The van der Waals surface area contributed by atoms with Gasteiger partial charge < -0.3 is 20.1 Å². The maximum Gasteiger partial charge on any atom is 0.407 e. The SMILES string of the molecule is CC1(C(=O)O)CCCN1C(=O)C(CC(F)F)NC(=O)OCC1c2ccccc2-c2ccccc21. The third-order valence-electron chi connectivity index (χ3n) is 6.72. The monoisotopic (exact) mass is 472 g/mol. The normalized spacial score (nSPS) is 20.1. The molecule has 2 aliphatic rings. The summed E-state index contributed by atoms with van der Waals surface area (Å²) in [5.74, 6) is -2.29. The number of ether oxygens (including phenoxy) is 1. The van der Waals surface area contributed by atoms with Crippen LogP contribution in [0.15, 0.2) is 48.5 Å². The van der Waals surface area contributed by atoms with E-state index in [1.807, 2.05) is 48.5 Å². The maximum absolute atomic E-state index is 13.2. The number of carbonyl (C=O) groups is 3. The van der Waals surface area contributed by atoms with E-state index in [1.54, 1.807) is 0 Å². The van der Waals surface area contributed by atoms with E-state index in [4.69, 9.17) is 4.74 Å². The summed E-state index contributed by atoms with van der Waals surface area (Å²) in [6, 6.07) is 13.9. The van der Waals surface area contributed by atoms with Crippen molar-refractivity contribution < 1.29 is 33.0 Å². The predicted molar refractivity (Wildman–Crippen MR) is 120 cm³/mol. The number of alkyl carbamates (subject to hydrolysis) is 1. The molecule has 0 saturated carbocycles. The van der Waals surface area contributed by atoms with Crippen molar-refractivity contribution in [1.29, 1.82) is 0 Å². The van der Waals surface area contributed by atoms with Gasteiger partial charge in [-0.15, -0.1) is 0 Å². The molecule has 2 amide bonds. The highest BCUT2D eigenvalue weighted by Crippen LogP contribution is 2.44. The first-order valence-electron chi connectivity index (χ1n) is 11.2. The Morgan fingerprint density at radius 1 is 1.12 bits per heavy atom. The van der Waals surface area contributed by atoms with Gasteiger partial charge in [-0.2, -0.15) is 0 Å². The highest BCUT2D eigenvalue weighted by atomic mass is 19.3. The van der Waals surface area contributed by atoms with Crippen LogP contribution in [0.5, 0.6) is 0 Å². The smallest absolute Gasteiger partial charge is 0.407 e. The zero-order valence-corrected chi connectivity index (χ0v) is 18.7. The Labute approximate surface area is 195 Å². The molecule has 9 heteroatoms. The van der Waals surface area contributed by atoms with Crippen LogP contribution in [0.1, 0.15) is 43.2 Å². The highest BCUT2D eigenvalue weighted by Gasteiger charge is 2.48. The summed E-state index contributed by atoms with van der Waals surface area (Å²) in [5.41, 5.74) is 2.57. The van der Waals surface area contributed by atoms with Gasteiger partial charge in [-0.25, -0.2) is 18.4 Å². The van der Waals surface area contributed by atoms with Gasteiger partial charge in [0, 0.05) is 18.9 Å². The van der Waals surface area contributed by atoms with Gasteiger partial charge in [-0.1, -0.05) is 48.5 Å². The number of nitrogens with zero attached hydrogens (tertiary/aromatic N) is 1. The van der Waals surface area contributed by atoms with E-state index in [-0.39, 0.29) is 25.5 Å². The number of halogens is 2. The number of rotatable bonds is 7. The molecule has 2 aromatic carbocycles. The molecular weight excluding hydrogens is 446 g/mol. The van der Waals surface area contributed by atoms with Crippen molar-refractivity contribution in [2.24, 2.45) is 0 Å². The number of carbonyl (C=O) groups excluding carboxylic acids is 2. The largest absolute Gasteiger partial charge is 0.480 e. The Kier molecular flexibility index (Phi) is 6.54. The average molecular weight is 472 g/mol. The summed E-state index contributed by atoms with van der Waals surface area (Å²) in [6.07, 6.45) is -4.17. The molecule has 4 rings (SSSR count). The Bertz CT molecular complexity index is 1060. The van der Waals surface area contributed by atoms with Crippen LogP contribution < -0.4 is 5.32 Å². The lowest BCUT2D eigenvalue weighted by molar-refractivity contribution is -0.156. The molecule has 1 heterocycles. The van der Waals surface area contributed by atoms with Gasteiger partial charge in [0.15, 0.2) is 0 Å². The zero-order chi connectivity index (χ0) is 24.5. The number of hydrogen-bond donors (Lipinski definition) is 2. The molecular formula is C25H26F2N2O5. The molecule has 1 aliphatic carbocycles. The number of nitrogens with one attached hydrogen (secondary N) is 1. The molecule has 0 aromatic heterocycles. The molecule has 2 N–H and O–H groups in total. The summed E-state index contributed by atoms with van der Waals surface area (Å²) in [7, 11) is 0. The Morgan fingerprint density at radius 3 is 2.26 bits per heavy atom. The minimum absolute atomic E-state index is 0.0357. The number of aliphatic carboxylic acids is 1. The van der Waals surface area contributed by atoms with Crippen molar-refractivity contribution in [2.45, 2.75) is 50.1 Å². The fourth-order valence-electron chi connectivity index (χ4n) is 4.91. The second-order valence-corrected chi connectivity index (χ2v) is 8.82. The Morgan fingerprint density at radius 2 is 1.71 bits per heavy atom. The van der Waals surface area contributed by atoms with Crippen molar-refractivity contribution in [3.63, 3.8) is 0 Å². The Balaban J connectivity index is 1.46. The summed E-state index contributed by atoms with van der Waals surface area (Å²) < 4.78 is 31.8. The number of hydrogen-bond acceptors (Lipinski definition) is 4. The van der Waals surface area contributed by atoms with E-state index in [0.29, 0.717) is 6.42 Å². The van der Waals surface area contributed by atoms with E-state index in [0.717, 1.165) is 27.2 Å². The molecule has 34 heavy (non-hydrogen) atoms. The van der Waals surface area contributed by atoms with E-state index in [1.165, 1.54) is 6.92 Å². The number of carboxylic acids is 1. The molecule has 1 fully saturated rings. The molecule has 0 radical (unpaired) electrons. The van der Waals surface area contributed by atoms with Crippen LogP contribution >= 0.6 is 0 Å². The number of fused-ring (bicyclic) bond motifs is 3. The van der Waals surface area contributed by atoms with Gasteiger partial charge >= 0.3 is 12.1 Å². The lowest BCUT2D eigenvalue weighted by atomic mass is 9.98. The lowest BCUT2D eigenvalue weighted by Crippen LogP contribution is -2.57. The minimum atomic E-state index is -2.87. The molecule has 1 aliphatic heterocycles. The van der Waals surface area contributed by atoms with Crippen molar-refractivity contribution >= 4 is 18.0 Å². The number of likely N-dealkylation sites (tertiary alicyclic amines) is 1. The molecule has 2 aromatic rings. The van der Waals surface area contributed by atoms with Gasteiger partial charge in [-0.05, 0) is 42.0 Å². The van der Waals surface area contributed by atoms with E-state index >= 15 is 0 Å². The van der Waals surface area contributed by atoms with E-state index < -0.39 is 42.4 Å². The van der Waals surface area contributed by atoms with Gasteiger partial charge in [0.2, 0.25) is 12.3 Å². The van der Waals surface area contributed by atoms with E-state index in [9.17, 15) is 28.3 Å². The van der Waals surface area contributed by atoms with E-state index in [2.05, 4.69) is 5.32 Å². The average Bonchev–Trinajstić information content (AvgIpc) is 3.35. The Hall–Kier alpha value is -3.49. The molecule has 0 bridgehead atoms. The van der Waals surface area contributed by atoms with Crippen molar-refractivity contribution in [3.05, 3.63) is 59.7 Å². The zero-order valence-electron chi connectivity index (χ0n) is 18.7. The second-order valence-electron chi connectivity index (χ2n) is 8.82. The van der Waals surface area contributed by atoms with Crippen LogP contribution in [-0.2, 0) is 14.3 Å². The van der Waals surface area contributed by atoms with Gasteiger partial charge in [-0.3, -0.25) is 4.79 Å². The summed E-state index contributed by atoms with van der Waals surface area (Å²) >= 11 is 0. The number of alkyl halides is 2. The standard InChI is InChI=1S/C25H26F2N2O5/c1-25(23(31)32)11-6-12-29(25)22(30)20(13-21(26)27)28-24(33)34-14-19-17-9-4-2-7-15(17)16-8-3-5-10-18(16)19/h2-5,7-10,19-21H,6,11-14H2,1H3,(H,28,33)(H,31,32). The first-order chi connectivity index (χ1) is 16.2. The molecule has 1 saturated heterocycles. The summed E-state index contributed by atoms with van der Waals surface area (Å²) in [4.78, 5) is 38.3. The van der Waals surface area contributed by atoms with Crippen LogP contribution in [0.4, 0.5) is 13.6 Å². The number of amides is 2. The van der Waals surface area contributed by atoms with Crippen LogP contribution in [0.3, 0.4) is 0 Å². The topological polar surface area (TPSA) is 95.9 Å². The van der Waals surface area contributed by atoms with Crippen LogP contribution in [0, 0.1) is 0 Å². The first-order valence-corrected chi connectivity index (χ1v) is 11.2. The predicted octanol–water partition coefficient (Wildman–Crippen LogP) is 4.01. The third-order valence-corrected chi connectivity index (χ3v) is 6.72. The first kappa shape index (κ1) is 23.7. The molecule has 180 valence electrons. The quantitative estimate of drug-likeness (QED) is 0.635. The molecule has 2 unspecified atom stereocenters. The molecule has 7 nitrogen and oxygen atoms in total. The molecule has 0 spiro atoms. The summed E-state index contributed by atoms with van der Waals surface area (Å²) in [5, 5.41) is 11.8. The fraction of sp³-hybridized carbons (Fsp3) is 0.400. The van der Waals surface area contributed by atoms with Crippen molar-refractivity contribution in [2.75, 3.05) is 13.2 Å². The fourth-order valence-corrected chi connectivity index (χ4v) is 4.91. The third kappa shape index (κ3) is 4.34. The second kappa shape index (κ2) is 9.40. The van der Waals surface area contributed by atoms with Gasteiger partial charge in [0.05, 0.1) is 0 Å². The maximum atomic E-state index is 13.2. The number of carboxylic acid groups (broad SMARTS) is 1. The number of benzene rings is 2. The van der Waals surface area contributed by atoms with Crippen LogP contribution in [-0.4, -0.2) is 59.1 Å². The van der Waals surface area contributed by atoms with Crippen molar-refractivity contribution in [3.8, 4) is 11.1 Å². The molecule has 2 atom stereocenters. The highest BCUT2D eigenvalue weighted by molar-refractivity contribution is 5.91. The van der Waals surface area contributed by atoms with Crippen LogP contribution in [0.25, 0.3) is 11.1 Å². The summed E-state index contributed by atoms with van der Waals surface area (Å²) in [6.45, 7) is 1.46. The van der Waals surface area contributed by atoms with Crippen molar-refractivity contribution in [1.82, 2.24) is 10.2 Å². The van der Waals surface area contributed by atoms with Gasteiger partial charge in [0.1, 0.15) is 18.2 Å². The van der Waals surface area contributed by atoms with Crippen LogP contribution in [0.2, 0.25) is 0 Å².